The molecule has 0 aliphatic rings. The van der Waals surface area contributed by atoms with E-state index in [1.807, 2.05) is 26.0 Å². The molecule has 0 bridgehead atoms. The molecule has 0 aliphatic heterocycles. The molecule has 1 heterocycles. The van der Waals surface area contributed by atoms with Crippen molar-refractivity contribution in [3.05, 3.63) is 77.4 Å². The van der Waals surface area contributed by atoms with E-state index in [9.17, 15) is 9.18 Å². The van der Waals surface area contributed by atoms with Gasteiger partial charge in [-0.15, -0.1) is 0 Å². The van der Waals surface area contributed by atoms with E-state index in [0.29, 0.717) is 22.9 Å². The number of hydrogen-bond donors (Lipinski definition) is 1. The van der Waals surface area contributed by atoms with Crippen LogP contribution in [0, 0.1) is 19.7 Å². The average molecular weight is 350 g/mol. The van der Waals surface area contributed by atoms with E-state index < -0.39 is 0 Å². The van der Waals surface area contributed by atoms with Crippen LogP contribution in [-0.4, -0.2) is 22.9 Å². The summed E-state index contributed by atoms with van der Waals surface area (Å²) < 4.78 is 13.1. The third-order valence-electron chi connectivity index (χ3n) is 3.90. The maximum atomic E-state index is 13.1. The number of aromatic nitrogens is 2. The molecule has 5 nitrogen and oxygen atoms in total. The number of carbonyl (C=O) groups excluding carboxylic acids is 1. The third kappa shape index (κ3) is 3.85. The summed E-state index contributed by atoms with van der Waals surface area (Å²) in [4.78, 5) is 23.1. The Bertz CT molecular complexity index is 921. The van der Waals surface area contributed by atoms with Crippen molar-refractivity contribution in [3.8, 4) is 0 Å². The fourth-order valence-corrected chi connectivity index (χ4v) is 2.64. The molecule has 0 radical (unpaired) electrons. The summed E-state index contributed by atoms with van der Waals surface area (Å²) in [6.45, 7) is 3.78. The first-order valence-electron chi connectivity index (χ1n) is 8.16. The van der Waals surface area contributed by atoms with Crippen molar-refractivity contribution in [2.24, 2.45) is 0 Å². The Balaban J connectivity index is 1.90. The van der Waals surface area contributed by atoms with E-state index in [4.69, 9.17) is 0 Å². The Morgan fingerprint density at radius 2 is 1.62 bits per heavy atom. The molecule has 3 rings (SSSR count). The molecule has 2 aromatic carbocycles. The van der Waals surface area contributed by atoms with Crippen LogP contribution in [0.15, 0.2) is 54.6 Å². The number of rotatable bonds is 4. The fourth-order valence-electron chi connectivity index (χ4n) is 2.64. The molecule has 0 atom stereocenters. The lowest BCUT2D eigenvalue weighted by Gasteiger charge is -2.19. The minimum Gasteiger partial charge on any atom is -0.323 e. The van der Waals surface area contributed by atoms with Gasteiger partial charge in [-0.2, -0.15) is 0 Å². The largest absolute Gasteiger partial charge is 0.323 e. The zero-order chi connectivity index (χ0) is 18.7. The Hall–Kier alpha value is -3.28. The van der Waals surface area contributed by atoms with Crippen LogP contribution in [0.4, 0.5) is 21.7 Å². The average Bonchev–Trinajstić information content (AvgIpc) is 2.61. The fraction of sp³-hybridized carbons (Fsp3) is 0.150. The molecule has 0 fully saturated rings. The van der Waals surface area contributed by atoms with Gasteiger partial charge in [-0.25, -0.2) is 14.4 Å². The van der Waals surface area contributed by atoms with E-state index in [0.717, 1.165) is 11.4 Å². The predicted octanol–water partition coefficient (Wildman–Crippen LogP) is 4.25. The summed E-state index contributed by atoms with van der Waals surface area (Å²) in [5.41, 5.74) is 3.37. The molecule has 0 spiro atoms. The van der Waals surface area contributed by atoms with Crippen molar-refractivity contribution in [2.45, 2.75) is 13.8 Å². The number of carbonyl (C=O) groups is 1. The number of anilines is 3. The minimum absolute atomic E-state index is 0.218. The summed E-state index contributed by atoms with van der Waals surface area (Å²) in [5, 5.41) is 3.12. The first kappa shape index (κ1) is 17.5. The Labute approximate surface area is 151 Å². The number of benzene rings is 2. The highest BCUT2D eigenvalue weighted by molar-refractivity contribution is 6.09. The van der Waals surface area contributed by atoms with E-state index in [-0.39, 0.29) is 11.7 Å². The van der Waals surface area contributed by atoms with Crippen molar-refractivity contribution in [1.29, 1.82) is 0 Å². The van der Waals surface area contributed by atoms with Crippen LogP contribution in [0.1, 0.15) is 21.7 Å². The van der Waals surface area contributed by atoms with Gasteiger partial charge in [-0.05, 0) is 56.3 Å². The summed E-state index contributed by atoms with van der Waals surface area (Å²) in [6.07, 6.45) is 0. The van der Waals surface area contributed by atoms with Crippen molar-refractivity contribution in [1.82, 2.24) is 9.97 Å². The van der Waals surface area contributed by atoms with E-state index >= 15 is 0 Å². The highest BCUT2D eigenvalue weighted by Gasteiger charge is 2.17. The quantitative estimate of drug-likeness (QED) is 0.764. The normalized spacial score (nSPS) is 10.5. The minimum atomic E-state index is -0.344. The molecule has 0 saturated heterocycles. The zero-order valence-electron chi connectivity index (χ0n) is 14.8. The van der Waals surface area contributed by atoms with Gasteiger partial charge < -0.3 is 10.2 Å². The van der Waals surface area contributed by atoms with Crippen molar-refractivity contribution < 1.29 is 9.18 Å². The lowest BCUT2D eigenvalue weighted by atomic mass is 10.1. The number of halogens is 1. The summed E-state index contributed by atoms with van der Waals surface area (Å²) in [5.74, 6) is -0.125. The maximum absolute atomic E-state index is 13.1. The van der Waals surface area contributed by atoms with Crippen LogP contribution >= 0.6 is 0 Å². The second-order valence-electron chi connectivity index (χ2n) is 5.99. The lowest BCUT2D eigenvalue weighted by molar-refractivity contribution is 0.0994. The first-order valence-corrected chi connectivity index (χ1v) is 8.16. The van der Waals surface area contributed by atoms with Gasteiger partial charge in [0.2, 0.25) is 5.95 Å². The van der Waals surface area contributed by atoms with Gasteiger partial charge >= 0.3 is 0 Å². The molecule has 0 saturated carbocycles. The number of amides is 1. The summed E-state index contributed by atoms with van der Waals surface area (Å²) in [6, 6.07) is 14.8. The smallest absolute Gasteiger partial charge is 0.260 e. The topological polar surface area (TPSA) is 58.1 Å². The number of hydrogen-bond acceptors (Lipinski definition) is 4. The van der Waals surface area contributed by atoms with Gasteiger partial charge in [0.25, 0.3) is 5.91 Å². The maximum Gasteiger partial charge on any atom is 0.260 e. The lowest BCUT2D eigenvalue weighted by Crippen LogP contribution is -2.27. The molecule has 1 aromatic heterocycles. The van der Waals surface area contributed by atoms with Crippen LogP contribution < -0.4 is 10.2 Å². The van der Waals surface area contributed by atoms with Crippen LogP contribution in [0.3, 0.4) is 0 Å². The standard InChI is InChI=1S/C20H19FN4O/c1-13-12-14(2)23-20(22-13)24-18-7-5-4-6-17(18)19(26)25(3)16-10-8-15(21)9-11-16/h4-12H,1-3H3,(H,22,23,24). The van der Waals surface area contributed by atoms with Crippen LogP contribution in [0.2, 0.25) is 0 Å². The van der Waals surface area contributed by atoms with E-state index in [1.54, 1.807) is 37.4 Å². The molecule has 6 heteroatoms. The molecule has 132 valence electrons. The molecule has 26 heavy (non-hydrogen) atoms. The van der Waals surface area contributed by atoms with Crippen LogP contribution in [0.5, 0.6) is 0 Å². The van der Waals surface area contributed by atoms with Crippen molar-refractivity contribution in [2.75, 3.05) is 17.3 Å². The number of nitrogens with one attached hydrogen (secondary N) is 1. The third-order valence-corrected chi connectivity index (χ3v) is 3.90. The molecular weight excluding hydrogens is 331 g/mol. The Morgan fingerprint density at radius 3 is 2.27 bits per heavy atom. The first-order chi connectivity index (χ1) is 12.4. The molecule has 3 aromatic rings. The highest BCUT2D eigenvalue weighted by Crippen LogP contribution is 2.23. The zero-order valence-corrected chi connectivity index (χ0v) is 14.8. The van der Waals surface area contributed by atoms with Crippen molar-refractivity contribution in [3.63, 3.8) is 0 Å². The monoisotopic (exact) mass is 350 g/mol. The van der Waals surface area contributed by atoms with Gasteiger partial charge in [0.05, 0.1) is 11.3 Å². The Kier molecular flexibility index (Phi) is 4.93. The van der Waals surface area contributed by atoms with Gasteiger partial charge in [-0.3, -0.25) is 4.79 Å². The molecule has 1 N–H and O–H groups in total. The molecule has 0 aliphatic carbocycles. The second-order valence-corrected chi connectivity index (χ2v) is 5.99. The SMILES string of the molecule is Cc1cc(C)nc(Nc2ccccc2C(=O)N(C)c2ccc(F)cc2)n1. The summed E-state index contributed by atoms with van der Waals surface area (Å²) in [7, 11) is 1.65. The number of aryl methyl sites for hydroxylation is 2. The van der Waals surface area contributed by atoms with E-state index in [2.05, 4.69) is 15.3 Å². The number of nitrogens with zero attached hydrogens (tertiary/aromatic N) is 3. The number of para-hydroxylation sites is 1. The predicted molar refractivity (Wildman–Crippen MR) is 100 cm³/mol. The van der Waals surface area contributed by atoms with Gasteiger partial charge in [0.15, 0.2) is 0 Å². The molecular formula is C20H19FN4O. The molecule has 1 amide bonds. The molecule has 0 unspecified atom stereocenters. The summed E-state index contributed by atoms with van der Waals surface area (Å²) >= 11 is 0. The van der Waals surface area contributed by atoms with Crippen molar-refractivity contribution >= 4 is 23.2 Å². The van der Waals surface area contributed by atoms with Gasteiger partial charge in [0.1, 0.15) is 5.82 Å². The Morgan fingerprint density at radius 1 is 1.00 bits per heavy atom. The van der Waals surface area contributed by atoms with E-state index in [1.165, 1.54) is 17.0 Å². The highest BCUT2D eigenvalue weighted by atomic mass is 19.1. The van der Waals surface area contributed by atoms with Gasteiger partial charge in [0, 0.05) is 24.1 Å². The van der Waals surface area contributed by atoms with Crippen LogP contribution in [-0.2, 0) is 0 Å². The second kappa shape index (κ2) is 7.31. The van der Waals surface area contributed by atoms with Gasteiger partial charge in [-0.1, -0.05) is 12.1 Å². The van der Waals surface area contributed by atoms with Crippen LogP contribution in [0.25, 0.3) is 0 Å².